The summed E-state index contributed by atoms with van der Waals surface area (Å²) in [4.78, 5) is 18.3. The quantitative estimate of drug-likeness (QED) is 0.678. The topological polar surface area (TPSA) is 65.5 Å². The zero-order valence-electron chi connectivity index (χ0n) is 18.1. The molecule has 30 heavy (non-hydrogen) atoms. The number of rotatable bonds is 6. The van der Waals surface area contributed by atoms with E-state index in [0.717, 1.165) is 63.7 Å². The molecule has 162 valence electrons. The summed E-state index contributed by atoms with van der Waals surface area (Å²) in [6.07, 6.45) is 7.84. The minimum atomic E-state index is -0.672. The van der Waals surface area contributed by atoms with E-state index in [1.807, 2.05) is 7.05 Å². The number of benzene rings is 1. The third-order valence-corrected chi connectivity index (χ3v) is 7.90. The standard InChI is InChI=1S/C24H33N3O2S/c1-25-21-14-19-10-12-27(2)11-9-18(19)13-20(21)22-15-30-24(26-22)17-6-3-16(4-7-17)5-8-23(28)29/h13-17,25H,3-12H2,1-2H3,(H,28,29). The van der Waals surface area contributed by atoms with E-state index in [0.29, 0.717) is 18.3 Å². The molecule has 1 aromatic carbocycles. The van der Waals surface area contributed by atoms with Gasteiger partial charge in [-0.05, 0) is 81.2 Å². The summed E-state index contributed by atoms with van der Waals surface area (Å²) < 4.78 is 0. The monoisotopic (exact) mass is 427 g/mol. The molecule has 2 aliphatic rings. The van der Waals surface area contributed by atoms with Crippen molar-refractivity contribution in [3.05, 3.63) is 33.6 Å². The number of fused-ring (bicyclic) bond motifs is 1. The Morgan fingerprint density at radius 2 is 1.90 bits per heavy atom. The molecular formula is C24H33N3O2S. The molecule has 1 aromatic heterocycles. The summed E-state index contributed by atoms with van der Waals surface area (Å²) in [5.74, 6) is 0.419. The minimum absolute atomic E-state index is 0.303. The SMILES string of the molecule is CNc1cc2c(cc1-c1csc(C3CCC(CCC(=O)O)CC3)n1)CCN(C)CC2. The first kappa shape index (κ1) is 21.3. The van der Waals surface area contributed by atoms with Crippen LogP contribution in [-0.2, 0) is 17.6 Å². The second kappa shape index (κ2) is 9.48. The molecule has 0 bridgehead atoms. The van der Waals surface area contributed by atoms with E-state index >= 15 is 0 Å². The van der Waals surface area contributed by atoms with Crippen LogP contribution in [0.4, 0.5) is 5.69 Å². The van der Waals surface area contributed by atoms with Crippen molar-refractivity contribution in [1.29, 1.82) is 0 Å². The van der Waals surface area contributed by atoms with E-state index < -0.39 is 5.97 Å². The Hall–Kier alpha value is -1.92. The number of nitrogens with one attached hydrogen (secondary N) is 1. The first-order valence-corrected chi connectivity index (χ1v) is 12.1. The summed E-state index contributed by atoms with van der Waals surface area (Å²) >= 11 is 1.79. The molecule has 0 radical (unpaired) electrons. The Kier molecular flexibility index (Phi) is 6.74. The first-order valence-electron chi connectivity index (χ1n) is 11.2. The summed E-state index contributed by atoms with van der Waals surface area (Å²) in [7, 11) is 4.20. The molecule has 1 saturated carbocycles. The molecule has 0 spiro atoms. The lowest BCUT2D eigenvalue weighted by Crippen LogP contribution is -2.20. The number of aromatic nitrogens is 1. The summed E-state index contributed by atoms with van der Waals surface area (Å²) in [5, 5.41) is 15.8. The van der Waals surface area contributed by atoms with Crippen molar-refractivity contribution in [2.75, 3.05) is 32.5 Å². The van der Waals surface area contributed by atoms with Crippen LogP contribution < -0.4 is 5.32 Å². The number of carboxylic acid groups (broad SMARTS) is 1. The van der Waals surface area contributed by atoms with Gasteiger partial charge in [-0.3, -0.25) is 4.79 Å². The number of carboxylic acids is 1. The van der Waals surface area contributed by atoms with Crippen molar-refractivity contribution in [3.63, 3.8) is 0 Å². The van der Waals surface area contributed by atoms with Crippen molar-refractivity contribution < 1.29 is 9.90 Å². The lowest BCUT2D eigenvalue weighted by Gasteiger charge is -2.26. The molecule has 5 nitrogen and oxygen atoms in total. The number of hydrogen-bond acceptors (Lipinski definition) is 5. The van der Waals surface area contributed by atoms with Crippen molar-refractivity contribution in [1.82, 2.24) is 9.88 Å². The van der Waals surface area contributed by atoms with Crippen LogP contribution in [0, 0.1) is 5.92 Å². The van der Waals surface area contributed by atoms with Gasteiger partial charge in [0.2, 0.25) is 0 Å². The highest BCUT2D eigenvalue weighted by Gasteiger charge is 2.25. The predicted octanol–water partition coefficient (Wildman–Crippen LogP) is 5.02. The molecule has 1 aliphatic carbocycles. The number of carbonyl (C=O) groups is 1. The van der Waals surface area contributed by atoms with Gasteiger partial charge in [-0.15, -0.1) is 11.3 Å². The second-order valence-corrected chi connectivity index (χ2v) is 9.83. The van der Waals surface area contributed by atoms with Crippen molar-refractivity contribution in [2.45, 2.75) is 57.3 Å². The number of hydrogen-bond donors (Lipinski definition) is 2. The molecular weight excluding hydrogens is 394 g/mol. The lowest BCUT2D eigenvalue weighted by molar-refractivity contribution is -0.137. The number of likely N-dealkylation sites (N-methyl/N-ethyl adjacent to an activating group) is 1. The smallest absolute Gasteiger partial charge is 0.303 e. The van der Waals surface area contributed by atoms with E-state index in [1.54, 1.807) is 11.3 Å². The summed E-state index contributed by atoms with van der Waals surface area (Å²) in [6.45, 7) is 2.23. The highest BCUT2D eigenvalue weighted by molar-refractivity contribution is 7.10. The third kappa shape index (κ3) is 4.86. The number of anilines is 1. The predicted molar refractivity (Wildman–Crippen MR) is 124 cm³/mol. The molecule has 0 unspecified atom stereocenters. The maximum Gasteiger partial charge on any atom is 0.303 e. The fourth-order valence-electron chi connectivity index (χ4n) is 4.93. The highest BCUT2D eigenvalue weighted by atomic mass is 32.1. The Balaban J connectivity index is 1.48. The van der Waals surface area contributed by atoms with Gasteiger partial charge in [0.1, 0.15) is 0 Å². The molecule has 2 aromatic rings. The van der Waals surface area contributed by atoms with Crippen LogP contribution in [0.3, 0.4) is 0 Å². The molecule has 2 N–H and O–H groups in total. The molecule has 0 atom stereocenters. The van der Waals surface area contributed by atoms with E-state index in [-0.39, 0.29) is 0 Å². The highest BCUT2D eigenvalue weighted by Crippen LogP contribution is 2.41. The molecule has 1 fully saturated rings. The summed E-state index contributed by atoms with van der Waals surface area (Å²) in [5.41, 5.74) is 6.41. The van der Waals surface area contributed by atoms with E-state index in [2.05, 4.69) is 34.8 Å². The van der Waals surface area contributed by atoms with Crippen LogP contribution in [0.25, 0.3) is 11.3 Å². The molecule has 0 amide bonds. The number of aliphatic carboxylic acids is 1. The van der Waals surface area contributed by atoms with Gasteiger partial charge >= 0.3 is 5.97 Å². The van der Waals surface area contributed by atoms with Gasteiger partial charge < -0.3 is 15.3 Å². The van der Waals surface area contributed by atoms with Crippen LogP contribution in [0.1, 0.15) is 60.6 Å². The van der Waals surface area contributed by atoms with Crippen LogP contribution in [-0.4, -0.2) is 48.1 Å². The van der Waals surface area contributed by atoms with Gasteiger partial charge in [0.25, 0.3) is 0 Å². The Bertz CT molecular complexity index is 887. The van der Waals surface area contributed by atoms with Crippen LogP contribution in [0.5, 0.6) is 0 Å². The molecule has 2 heterocycles. The fourth-order valence-corrected chi connectivity index (χ4v) is 5.92. The zero-order valence-corrected chi connectivity index (χ0v) is 18.9. The molecule has 6 heteroatoms. The van der Waals surface area contributed by atoms with Crippen molar-refractivity contribution in [2.24, 2.45) is 5.92 Å². The summed E-state index contributed by atoms with van der Waals surface area (Å²) in [6, 6.07) is 4.69. The van der Waals surface area contributed by atoms with Crippen LogP contribution in [0.2, 0.25) is 0 Å². The molecule has 4 rings (SSSR count). The second-order valence-electron chi connectivity index (χ2n) is 8.94. The van der Waals surface area contributed by atoms with Crippen molar-refractivity contribution in [3.8, 4) is 11.3 Å². The largest absolute Gasteiger partial charge is 0.481 e. The van der Waals surface area contributed by atoms with E-state index in [4.69, 9.17) is 10.1 Å². The average molecular weight is 428 g/mol. The van der Waals surface area contributed by atoms with Gasteiger partial charge in [0, 0.05) is 49.1 Å². The van der Waals surface area contributed by atoms with Crippen LogP contribution in [0.15, 0.2) is 17.5 Å². The molecule has 0 saturated heterocycles. The van der Waals surface area contributed by atoms with E-state index in [1.165, 1.54) is 27.4 Å². The van der Waals surface area contributed by atoms with Gasteiger partial charge in [0.05, 0.1) is 10.7 Å². The first-order chi connectivity index (χ1) is 14.5. The zero-order chi connectivity index (χ0) is 21.1. The van der Waals surface area contributed by atoms with Gasteiger partial charge in [-0.1, -0.05) is 0 Å². The van der Waals surface area contributed by atoms with Crippen molar-refractivity contribution >= 4 is 23.0 Å². The van der Waals surface area contributed by atoms with Gasteiger partial charge in [-0.25, -0.2) is 4.98 Å². The number of thiazole rings is 1. The maximum atomic E-state index is 10.8. The van der Waals surface area contributed by atoms with Gasteiger partial charge in [-0.2, -0.15) is 0 Å². The normalized spacial score (nSPS) is 22.3. The fraction of sp³-hybridized carbons (Fsp3) is 0.583. The van der Waals surface area contributed by atoms with Gasteiger partial charge in [0.15, 0.2) is 0 Å². The molecule has 1 aliphatic heterocycles. The Morgan fingerprint density at radius 3 is 2.57 bits per heavy atom. The Labute approximate surface area is 183 Å². The Morgan fingerprint density at radius 1 is 1.20 bits per heavy atom. The number of nitrogens with zero attached hydrogens (tertiary/aromatic N) is 2. The average Bonchev–Trinajstić information content (AvgIpc) is 3.17. The minimum Gasteiger partial charge on any atom is -0.481 e. The maximum absolute atomic E-state index is 10.8. The van der Waals surface area contributed by atoms with Crippen LogP contribution >= 0.6 is 11.3 Å². The third-order valence-electron chi connectivity index (χ3n) is 6.90. The lowest BCUT2D eigenvalue weighted by atomic mass is 9.80. The van der Waals surface area contributed by atoms with E-state index in [9.17, 15) is 4.79 Å².